The molecule has 18 heavy (non-hydrogen) atoms. The zero-order valence-corrected chi connectivity index (χ0v) is 11.7. The molecule has 1 unspecified atom stereocenters. The summed E-state index contributed by atoms with van der Waals surface area (Å²) in [6.07, 6.45) is 0. The first kappa shape index (κ1) is 16.7. The number of amides is 2. The molecule has 0 heterocycles. The lowest BCUT2D eigenvalue weighted by Crippen LogP contribution is -2.46. The number of carbonyl (C=O) groups is 2. The van der Waals surface area contributed by atoms with Gasteiger partial charge < -0.3 is 19.6 Å². The third kappa shape index (κ3) is 5.35. The zero-order valence-electron chi connectivity index (χ0n) is 11.7. The van der Waals surface area contributed by atoms with Crippen molar-refractivity contribution in [2.75, 3.05) is 39.9 Å². The van der Waals surface area contributed by atoms with Crippen LogP contribution in [-0.2, 0) is 9.53 Å². The molecule has 0 aromatic carbocycles. The highest BCUT2D eigenvalue weighted by Crippen LogP contribution is 2.05. The third-order valence-electron chi connectivity index (χ3n) is 2.79. The number of aliphatic carboxylic acids is 1. The average Bonchev–Trinajstić information content (AvgIpc) is 2.35. The highest BCUT2D eigenvalue weighted by molar-refractivity contribution is 5.76. The van der Waals surface area contributed by atoms with Crippen LogP contribution in [0.4, 0.5) is 4.79 Å². The monoisotopic (exact) mass is 260 g/mol. The first-order valence-corrected chi connectivity index (χ1v) is 6.23. The molecule has 0 spiro atoms. The van der Waals surface area contributed by atoms with Crippen LogP contribution in [-0.4, -0.2) is 66.8 Å². The van der Waals surface area contributed by atoms with E-state index in [1.165, 1.54) is 0 Å². The molecular formula is C12H24N2O4. The Labute approximate surface area is 109 Å². The summed E-state index contributed by atoms with van der Waals surface area (Å²) in [5.74, 6) is -1.45. The molecule has 1 N–H and O–H groups in total. The Bertz CT molecular complexity index is 271. The fraction of sp³-hybridized carbons (Fsp3) is 0.833. The number of carbonyl (C=O) groups excluding carboxylic acids is 1. The predicted octanol–water partition coefficient (Wildman–Crippen LogP) is 1.12. The van der Waals surface area contributed by atoms with E-state index in [-0.39, 0.29) is 12.6 Å². The minimum atomic E-state index is -0.888. The van der Waals surface area contributed by atoms with Crippen LogP contribution in [0, 0.1) is 5.92 Å². The third-order valence-corrected chi connectivity index (χ3v) is 2.79. The second kappa shape index (κ2) is 8.74. The van der Waals surface area contributed by atoms with E-state index in [1.54, 1.807) is 23.8 Å². The normalized spacial score (nSPS) is 12.0. The van der Waals surface area contributed by atoms with Crippen molar-refractivity contribution in [3.8, 4) is 0 Å². The van der Waals surface area contributed by atoms with Gasteiger partial charge in [0, 0.05) is 33.3 Å². The summed E-state index contributed by atoms with van der Waals surface area (Å²) in [6.45, 7) is 7.64. The number of urea groups is 1. The van der Waals surface area contributed by atoms with Crippen LogP contribution in [0.5, 0.6) is 0 Å². The molecule has 0 aromatic rings. The fourth-order valence-corrected chi connectivity index (χ4v) is 1.54. The average molecular weight is 260 g/mol. The summed E-state index contributed by atoms with van der Waals surface area (Å²) < 4.78 is 4.95. The molecule has 106 valence electrons. The van der Waals surface area contributed by atoms with Gasteiger partial charge in [0.1, 0.15) is 0 Å². The highest BCUT2D eigenvalue weighted by atomic mass is 16.5. The number of ether oxygens (including phenoxy) is 1. The summed E-state index contributed by atoms with van der Waals surface area (Å²) in [4.78, 5) is 26.2. The Hall–Kier alpha value is -1.30. The molecule has 1 atom stereocenters. The van der Waals surface area contributed by atoms with Crippen molar-refractivity contribution in [3.05, 3.63) is 0 Å². The number of nitrogens with zero attached hydrogens (tertiary/aromatic N) is 2. The van der Waals surface area contributed by atoms with Gasteiger partial charge in [0.25, 0.3) is 0 Å². The molecule has 0 aromatic heterocycles. The lowest BCUT2D eigenvalue weighted by Gasteiger charge is -2.30. The molecule has 6 nitrogen and oxygen atoms in total. The van der Waals surface area contributed by atoms with E-state index in [2.05, 4.69) is 0 Å². The minimum Gasteiger partial charge on any atom is -0.481 e. The first-order valence-electron chi connectivity index (χ1n) is 6.23. The van der Waals surface area contributed by atoms with Crippen molar-refractivity contribution >= 4 is 12.0 Å². The number of hydrogen-bond acceptors (Lipinski definition) is 3. The van der Waals surface area contributed by atoms with Gasteiger partial charge in [-0.25, -0.2) is 4.79 Å². The summed E-state index contributed by atoms with van der Waals surface area (Å²) >= 11 is 0. The molecule has 0 radical (unpaired) electrons. The second-order valence-electron chi connectivity index (χ2n) is 4.13. The van der Waals surface area contributed by atoms with Crippen LogP contribution in [0.3, 0.4) is 0 Å². The van der Waals surface area contributed by atoms with Crippen molar-refractivity contribution in [2.45, 2.75) is 20.8 Å². The van der Waals surface area contributed by atoms with Crippen LogP contribution in [0.15, 0.2) is 0 Å². The Morgan fingerprint density at radius 3 is 2.17 bits per heavy atom. The molecule has 6 heteroatoms. The van der Waals surface area contributed by atoms with Crippen molar-refractivity contribution in [3.63, 3.8) is 0 Å². The van der Waals surface area contributed by atoms with E-state index < -0.39 is 11.9 Å². The van der Waals surface area contributed by atoms with Crippen molar-refractivity contribution < 1.29 is 19.4 Å². The highest BCUT2D eigenvalue weighted by Gasteiger charge is 2.22. The standard InChI is InChI=1S/C12H24N2O4/c1-5-13(7-8-18-4)12(17)14(6-2)9-10(3)11(15)16/h10H,5-9H2,1-4H3,(H,15,16). The minimum absolute atomic E-state index is 0.134. The van der Waals surface area contributed by atoms with Crippen LogP contribution in [0.25, 0.3) is 0 Å². The number of methoxy groups -OCH3 is 1. The largest absolute Gasteiger partial charge is 0.481 e. The van der Waals surface area contributed by atoms with E-state index in [0.717, 1.165) is 0 Å². The van der Waals surface area contributed by atoms with E-state index in [9.17, 15) is 9.59 Å². The number of likely N-dealkylation sites (N-methyl/N-ethyl adjacent to an activating group) is 1. The van der Waals surface area contributed by atoms with Crippen LogP contribution < -0.4 is 0 Å². The van der Waals surface area contributed by atoms with Gasteiger partial charge in [-0.1, -0.05) is 6.92 Å². The van der Waals surface area contributed by atoms with E-state index in [0.29, 0.717) is 26.2 Å². The van der Waals surface area contributed by atoms with Gasteiger partial charge in [-0.3, -0.25) is 4.79 Å². The molecular weight excluding hydrogens is 236 g/mol. The van der Waals surface area contributed by atoms with Gasteiger partial charge in [-0.2, -0.15) is 0 Å². The molecule has 0 saturated heterocycles. The number of hydrogen-bond donors (Lipinski definition) is 1. The maximum Gasteiger partial charge on any atom is 0.320 e. The molecule has 2 amide bonds. The van der Waals surface area contributed by atoms with Crippen molar-refractivity contribution in [2.24, 2.45) is 5.92 Å². The summed E-state index contributed by atoms with van der Waals surface area (Å²) in [7, 11) is 1.59. The Morgan fingerprint density at radius 1 is 1.22 bits per heavy atom. The van der Waals surface area contributed by atoms with Gasteiger partial charge in [0.05, 0.1) is 12.5 Å². The quantitative estimate of drug-likeness (QED) is 0.710. The number of carboxylic acids is 1. The van der Waals surface area contributed by atoms with Gasteiger partial charge in [0.15, 0.2) is 0 Å². The summed E-state index contributed by atoms with van der Waals surface area (Å²) in [5, 5.41) is 8.87. The van der Waals surface area contributed by atoms with Crippen molar-refractivity contribution in [1.29, 1.82) is 0 Å². The van der Waals surface area contributed by atoms with E-state index in [4.69, 9.17) is 9.84 Å². The molecule has 0 saturated carbocycles. The molecule has 0 aliphatic carbocycles. The van der Waals surface area contributed by atoms with Crippen molar-refractivity contribution in [1.82, 2.24) is 9.80 Å². The maximum atomic E-state index is 12.2. The second-order valence-corrected chi connectivity index (χ2v) is 4.13. The van der Waals surface area contributed by atoms with Crippen LogP contribution in [0.2, 0.25) is 0 Å². The first-order chi connectivity index (χ1) is 8.47. The van der Waals surface area contributed by atoms with E-state index >= 15 is 0 Å². The lowest BCUT2D eigenvalue weighted by molar-refractivity contribution is -0.141. The summed E-state index contributed by atoms with van der Waals surface area (Å²) in [6, 6.07) is -0.134. The topological polar surface area (TPSA) is 70.1 Å². The summed E-state index contributed by atoms with van der Waals surface area (Å²) in [5.41, 5.74) is 0. The van der Waals surface area contributed by atoms with Crippen LogP contribution >= 0.6 is 0 Å². The molecule has 0 fully saturated rings. The van der Waals surface area contributed by atoms with Crippen LogP contribution in [0.1, 0.15) is 20.8 Å². The molecule has 0 bridgehead atoms. The molecule has 0 aliphatic heterocycles. The maximum absolute atomic E-state index is 12.2. The molecule has 0 rings (SSSR count). The zero-order chi connectivity index (χ0) is 14.1. The Morgan fingerprint density at radius 2 is 1.78 bits per heavy atom. The van der Waals surface area contributed by atoms with Gasteiger partial charge in [0.2, 0.25) is 0 Å². The Kier molecular flexibility index (Phi) is 8.11. The lowest BCUT2D eigenvalue weighted by atomic mass is 10.2. The number of rotatable bonds is 8. The van der Waals surface area contributed by atoms with Gasteiger partial charge in [-0.15, -0.1) is 0 Å². The number of carboxylic acid groups (broad SMARTS) is 1. The van der Waals surface area contributed by atoms with Gasteiger partial charge in [-0.05, 0) is 13.8 Å². The molecule has 0 aliphatic rings. The van der Waals surface area contributed by atoms with Gasteiger partial charge >= 0.3 is 12.0 Å². The van der Waals surface area contributed by atoms with E-state index in [1.807, 2.05) is 13.8 Å². The smallest absolute Gasteiger partial charge is 0.320 e. The predicted molar refractivity (Wildman–Crippen MR) is 68.6 cm³/mol. The Balaban J connectivity index is 4.51. The fourth-order valence-electron chi connectivity index (χ4n) is 1.54. The SMILES string of the molecule is CCN(CCOC)C(=O)N(CC)CC(C)C(=O)O.